The molecule has 2 heteroatoms. The molecular formula is C6H13BrN+. The zero-order valence-corrected chi connectivity index (χ0v) is 7.11. The van der Waals surface area contributed by atoms with Crippen molar-refractivity contribution in [2.24, 2.45) is 0 Å². The average molecular weight is 179 g/mol. The van der Waals surface area contributed by atoms with Crippen LogP contribution in [-0.2, 0) is 0 Å². The van der Waals surface area contributed by atoms with Crippen LogP contribution in [0.15, 0.2) is 0 Å². The van der Waals surface area contributed by atoms with Crippen LogP contribution in [0.2, 0.25) is 0 Å². The van der Waals surface area contributed by atoms with Crippen LogP contribution >= 0.6 is 15.9 Å². The van der Waals surface area contributed by atoms with Crippen molar-refractivity contribution in [3.8, 4) is 0 Å². The molecule has 0 N–H and O–H groups in total. The van der Waals surface area contributed by atoms with Crippen LogP contribution in [0.25, 0.3) is 0 Å². The van der Waals surface area contributed by atoms with Crippen LogP contribution in [0.1, 0.15) is 6.42 Å². The molecule has 0 saturated carbocycles. The minimum atomic E-state index is 0.775. The number of rotatable bonds is 0. The largest absolute Gasteiger partial charge is 0.328 e. The smallest absolute Gasteiger partial charge is 0.0911 e. The molecule has 8 heavy (non-hydrogen) atoms. The lowest BCUT2D eigenvalue weighted by atomic mass is 10.4. The van der Waals surface area contributed by atoms with Crippen LogP contribution < -0.4 is 0 Å². The van der Waals surface area contributed by atoms with Crippen molar-refractivity contribution in [1.82, 2.24) is 0 Å². The predicted molar refractivity (Wildman–Crippen MR) is 39.2 cm³/mol. The SMILES string of the molecule is C[N+]1(C)CCC(Br)C1. The molecule has 1 aliphatic rings. The Morgan fingerprint density at radius 2 is 2.12 bits per heavy atom. The highest BCUT2D eigenvalue weighted by molar-refractivity contribution is 9.09. The molecule has 1 nitrogen and oxygen atoms in total. The van der Waals surface area contributed by atoms with Crippen molar-refractivity contribution in [1.29, 1.82) is 0 Å². The molecule has 0 aromatic rings. The van der Waals surface area contributed by atoms with E-state index >= 15 is 0 Å². The molecule has 0 spiro atoms. The first kappa shape index (κ1) is 6.56. The second-order valence-corrected chi connectivity index (χ2v) is 4.52. The van der Waals surface area contributed by atoms with Crippen LogP contribution in [0, 0.1) is 0 Å². The monoisotopic (exact) mass is 178 g/mol. The van der Waals surface area contributed by atoms with Gasteiger partial charge in [-0.3, -0.25) is 0 Å². The van der Waals surface area contributed by atoms with E-state index in [-0.39, 0.29) is 0 Å². The van der Waals surface area contributed by atoms with Crippen molar-refractivity contribution in [2.75, 3.05) is 27.2 Å². The van der Waals surface area contributed by atoms with E-state index in [2.05, 4.69) is 30.0 Å². The normalized spacial score (nSPS) is 35.6. The van der Waals surface area contributed by atoms with Gasteiger partial charge in [0.05, 0.1) is 32.0 Å². The van der Waals surface area contributed by atoms with Gasteiger partial charge in [-0.25, -0.2) is 0 Å². The zero-order valence-electron chi connectivity index (χ0n) is 5.52. The Balaban J connectivity index is 2.44. The van der Waals surface area contributed by atoms with E-state index in [0.29, 0.717) is 0 Å². The Bertz CT molecular complexity index is 90.5. The Labute approximate surface area is 59.4 Å². The van der Waals surface area contributed by atoms with Gasteiger partial charge in [0.15, 0.2) is 0 Å². The lowest BCUT2D eigenvalue weighted by molar-refractivity contribution is -0.877. The fourth-order valence-electron chi connectivity index (χ4n) is 1.21. The number of quaternary nitrogens is 1. The molecule has 1 atom stereocenters. The van der Waals surface area contributed by atoms with E-state index in [4.69, 9.17) is 0 Å². The van der Waals surface area contributed by atoms with Crippen molar-refractivity contribution < 1.29 is 4.48 Å². The molecule has 1 saturated heterocycles. The summed E-state index contributed by atoms with van der Waals surface area (Å²) in [4.78, 5) is 0.775. The summed E-state index contributed by atoms with van der Waals surface area (Å²) in [5.74, 6) is 0. The number of hydrogen-bond acceptors (Lipinski definition) is 0. The maximum absolute atomic E-state index is 3.60. The summed E-state index contributed by atoms with van der Waals surface area (Å²) >= 11 is 3.60. The summed E-state index contributed by atoms with van der Waals surface area (Å²) in [6.07, 6.45) is 1.34. The third kappa shape index (κ3) is 1.46. The Kier molecular flexibility index (Phi) is 1.63. The van der Waals surface area contributed by atoms with Crippen molar-refractivity contribution in [2.45, 2.75) is 11.2 Å². The molecule has 1 unspecified atom stereocenters. The molecule has 0 aromatic heterocycles. The average Bonchev–Trinajstić information content (AvgIpc) is 1.82. The predicted octanol–water partition coefficient (Wildman–Crippen LogP) is 1.23. The molecule has 0 aliphatic carbocycles. The zero-order chi connectivity index (χ0) is 6.20. The van der Waals surface area contributed by atoms with Gasteiger partial charge in [-0.05, 0) is 0 Å². The summed E-state index contributed by atoms with van der Waals surface area (Å²) in [6, 6.07) is 0. The lowest BCUT2D eigenvalue weighted by Crippen LogP contribution is -2.36. The number of nitrogens with zero attached hydrogens (tertiary/aromatic N) is 1. The summed E-state index contributed by atoms with van der Waals surface area (Å²) in [5.41, 5.74) is 0. The minimum absolute atomic E-state index is 0.775. The molecular weight excluding hydrogens is 166 g/mol. The van der Waals surface area contributed by atoms with Gasteiger partial charge in [0, 0.05) is 6.42 Å². The molecule has 0 radical (unpaired) electrons. The van der Waals surface area contributed by atoms with Gasteiger partial charge in [-0.2, -0.15) is 0 Å². The van der Waals surface area contributed by atoms with E-state index in [1.807, 2.05) is 0 Å². The first-order valence-corrected chi connectivity index (χ1v) is 3.98. The Hall–Kier alpha value is 0.440. The second kappa shape index (κ2) is 1.99. The molecule has 1 rings (SSSR count). The Morgan fingerprint density at radius 1 is 1.50 bits per heavy atom. The van der Waals surface area contributed by atoms with Crippen LogP contribution in [0.5, 0.6) is 0 Å². The van der Waals surface area contributed by atoms with E-state index in [1.54, 1.807) is 0 Å². The van der Waals surface area contributed by atoms with Crippen LogP contribution in [-0.4, -0.2) is 36.5 Å². The Morgan fingerprint density at radius 3 is 2.25 bits per heavy atom. The van der Waals surface area contributed by atoms with Crippen molar-refractivity contribution >= 4 is 15.9 Å². The third-order valence-corrected chi connectivity index (χ3v) is 2.49. The highest BCUT2D eigenvalue weighted by atomic mass is 79.9. The molecule has 0 aromatic carbocycles. The highest BCUT2D eigenvalue weighted by Gasteiger charge is 2.28. The van der Waals surface area contributed by atoms with E-state index in [1.165, 1.54) is 24.0 Å². The maximum atomic E-state index is 3.60. The summed E-state index contributed by atoms with van der Waals surface area (Å²) < 4.78 is 1.19. The van der Waals surface area contributed by atoms with Gasteiger partial charge in [0.1, 0.15) is 0 Å². The summed E-state index contributed by atoms with van der Waals surface area (Å²) in [6.45, 7) is 2.62. The van der Waals surface area contributed by atoms with Gasteiger partial charge in [-0.1, -0.05) is 15.9 Å². The van der Waals surface area contributed by atoms with Crippen molar-refractivity contribution in [3.63, 3.8) is 0 Å². The van der Waals surface area contributed by atoms with Crippen molar-refractivity contribution in [3.05, 3.63) is 0 Å². The van der Waals surface area contributed by atoms with Crippen LogP contribution in [0.3, 0.4) is 0 Å². The molecule has 0 bridgehead atoms. The fourth-order valence-corrected chi connectivity index (χ4v) is 2.20. The molecule has 1 aliphatic heterocycles. The molecule has 0 amide bonds. The van der Waals surface area contributed by atoms with E-state index in [9.17, 15) is 0 Å². The minimum Gasteiger partial charge on any atom is -0.328 e. The third-order valence-electron chi connectivity index (χ3n) is 1.74. The quantitative estimate of drug-likeness (QED) is 0.387. The second-order valence-electron chi connectivity index (χ2n) is 3.23. The number of halogens is 1. The first-order valence-electron chi connectivity index (χ1n) is 3.06. The fraction of sp³-hybridized carbons (Fsp3) is 1.00. The highest BCUT2D eigenvalue weighted by Crippen LogP contribution is 2.19. The summed E-state index contributed by atoms with van der Waals surface area (Å²) in [7, 11) is 4.56. The number of likely N-dealkylation sites (tertiary alicyclic amines) is 1. The lowest BCUT2D eigenvalue weighted by Gasteiger charge is -2.22. The van der Waals surface area contributed by atoms with Crippen LogP contribution in [0.4, 0.5) is 0 Å². The van der Waals surface area contributed by atoms with E-state index in [0.717, 1.165) is 4.83 Å². The standard InChI is InChI=1S/C6H13BrN/c1-8(2)4-3-6(7)5-8/h6H,3-5H2,1-2H3/q+1. The van der Waals surface area contributed by atoms with Gasteiger partial charge in [0.25, 0.3) is 0 Å². The molecule has 48 valence electrons. The van der Waals surface area contributed by atoms with Gasteiger partial charge < -0.3 is 4.48 Å². The number of hydrogen-bond donors (Lipinski definition) is 0. The van der Waals surface area contributed by atoms with Gasteiger partial charge in [0.2, 0.25) is 0 Å². The molecule has 1 fully saturated rings. The number of alkyl halides is 1. The topological polar surface area (TPSA) is 0 Å². The molecule has 1 heterocycles. The first-order chi connectivity index (χ1) is 3.60. The summed E-state index contributed by atoms with van der Waals surface area (Å²) in [5, 5.41) is 0. The maximum Gasteiger partial charge on any atom is 0.0911 e. The van der Waals surface area contributed by atoms with E-state index < -0.39 is 0 Å². The van der Waals surface area contributed by atoms with Gasteiger partial charge >= 0.3 is 0 Å². The van der Waals surface area contributed by atoms with Gasteiger partial charge in [-0.15, -0.1) is 0 Å².